The van der Waals surface area contributed by atoms with Gasteiger partial charge in [-0.2, -0.15) is 9.40 Å². The van der Waals surface area contributed by atoms with E-state index >= 15 is 0 Å². The molecule has 3 aromatic rings. The molecule has 0 bridgehead atoms. The number of H-pyrrole nitrogens is 1. The molecule has 1 N–H and O–H groups in total. The number of nitrogens with one attached hydrogen (secondary N) is 1. The highest BCUT2D eigenvalue weighted by molar-refractivity contribution is 7.89. The van der Waals surface area contributed by atoms with Crippen molar-refractivity contribution in [3.05, 3.63) is 34.2 Å². The Labute approximate surface area is 253 Å². The summed E-state index contributed by atoms with van der Waals surface area (Å²) in [6, 6.07) is 4.67. The zero-order valence-electron chi connectivity index (χ0n) is 25.7. The lowest BCUT2D eigenvalue weighted by Gasteiger charge is -2.34. The molecule has 238 valence electrons. The van der Waals surface area contributed by atoms with E-state index in [4.69, 9.17) is 18.8 Å². The number of nitrogens with zero attached hydrogens (tertiary/aromatic N) is 5. The molecule has 13 nitrogen and oxygen atoms in total. The quantitative estimate of drug-likeness (QED) is 0.245. The van der Waals surface area contributed by atoms with Gasteiger partial charge in [0.15, 0.2) is 5.52 Å². The predicted octanol–water partition coefficient (Wildman–Crippen LogP) is 3.64. The summed E-state index contributed by atoms with van der Waals surface area (Å²) < 4.78 is 60.1. The van der Waals surface area contributed by atoms with Crippen LogP contribution in [0.3, 0.4) is 0 Å². The Balaban J connectivity index is 1.60. The third kappa shape index (κ3) is 7.55. The fourth-order valence-corrected chi connectivity index (χ4v) is 8.23. The van der Waals surface area contributed by atoms with E-state index in [1.54, 1.807) is 27.0 Å². The first-order chi connectivity index (χ1) is 20.6. The second-order valence-electron chi connectivity index (χ2n) is 10.4. The molecule has 0 amide bonds. The second-order valence-corrected chi connectivity index (χ2v) is 14.5. The average molecular weight is 639 g/mol. The fraction of sp³-hybridized carbons (Fsp3) is 0.607. The lowest BCUT2D eigenvalue weighted by Crippen LogP contribution is -2.49. The Bertz CT molecular complexity index is 1610. The van der Waals surface area contributed by atoms with E-state index in [9.17, 15) is 17.8 Å². The summed E-state index contributed by atoms with van der Waals surface area (Å²) in [7, 11) is -5.34. The van der Waals surface area contributed by atoms with Crippen molar-refractivity contribution in [2.45, 2.75) is 51.9 Å². The van der Waals surface area contributed by atoms with Crippen LogP contribution in [0.2, 0.25) is 0 Å². The molecule has 0 unspecified atom stereocenters. The van der Waals surface area contributed by atoms with E-state index in [2.05, 4.69) is 15.0 Å². The summed E-state index contributed by atoms with van der Waals surface area (Å²) in [5.41, 5.74) is 1.60. The molecular weight excluding hydrogens is 595 g/mol. The van der Waals surface area contributed by atoms with Crippen LogP contribution in [0.1, 0.15) is 46.2 Å². The van der Waals surface area contributed by atoms with Gasteiger partial charge in [-0.15, -0.1) is 0 Å². The van der Waals surface area contributed by atoms with Crippen LogP contribution in [-0.2, 0) is 37.1 Å². The first-order valence-electron chi connectivity index (χ1n) is 14.9. The highest BCUT2D eigenvalue weighted by Crippen LogP contribution is 2.47. The van der Waals surface area contributed by atoms with Crippen LogP contribution in [-0.4, -0.2) is 96.1 Å². The summed E-state index contributed by atoms with van der Waals surface area (Å²) >= 11 is 0. The molecule has 1 aliphatic rings. The summed E-state index contributed by atoms with van der Waals surface area (Å²) in [5, 5.41) is 4.48. The fourth-order valence-electron chi connectivity index (χ4n) is 5.14. The van der Waals surface area contributed by atoms with Gasteiger partial charge in [-0.1, -0.05) is 20.3 Å². The molecule has 0 radical (unpaired) electrons. The molecule has 0 aliphatic carbocycles. The van der Waals surface area contributed by atoms with Gasteiger partial charge in [0.2, 0.25) is 10.0 Å². The number of hydrogen-bond acceptors (Lipinski definition) is 10. The molecule has 3 heterocycles. The first-order valence-corrected chi connectivity index (χ1v) is 18.1. The number of benzene rings is 1. The number of ether oxygens (including phenoxy) is 1. The Morgan fingerprint density at radius 3 is 2.35 bits per heavy atom. The van der Waals surface area contributed by atoms with Gasteiger partial charge in [-0.05, 0) is 44.9 Å². The van der Waals surface area contributed by atoms with E-state index in [0.29, 0.717) is 73.9 Å². The maximum absolute atomic E-state index is 13.8. The normalized spacial score (nSPS) is 15.4. The molecule has 4 rings (SSSR count). The Kier molecular flexibility index (Phi) is 11.2. The van der Waals surface area contributed by atoms with Crippen molar-refractivity contribution in [3.63, 3.8) is 0 Å². The minimum absolute atomic E-state index is 0.0831. The highest BCUT2D eigenvalue weighted by Gasteiger charge is 2.31. The molecule has 1 fully saturated rings. The van der Waals surface area contributed by atoms with Crippen LogP contribution in [0.25, 0.3) is 22.4 Å². The zero-order valence-corrected chi connectivity index (χ0v) is 27.4. The minimum Gasteiger partial charge on any atom is -0.493 e. The number of hydrogen-bond donors (Lipinski definition) is 1. The van der Waals surface area contributed by atoms with Gasteiger partial charge in [0, 0.05) is 39.8 Å². The van der Waals surface area contributed by atoms with E-state index in [-0.39, 0.29) is 35.5 Å². The smallest absolute Gasteiger partial charge is 0.331 e. The van der Waals surface area contributed by atoms with Crippen molar-refractivity contribution in [1.29, 1.82) is 0 Å². The maximum atomic E-state index is 13.8. The molecule has 0 saturated carbocycles. The lowest BCUT2D eigenvalue weighted by molar-refractivity contribution is 0.184. The summed E-state index contributed by atoms with van der Waals surface area (Å²) in [6.07, 6.45) is 2.48. The summed E-state index contributed by atoms with van der Waals surface area (Å²) in [5.74, 6) is 0.658. The molecule has 1 aromatic carbocycles. The molecule has 1 saturated heterocycles. The van der Waals surface area contributed by atoms with E-state index < -0.39 is 17.6 Å². The molecule has 1 aliphatic heterocycles. The van der Waals surface area contributed by atoms with Crippen LogP contribution in [0.5, 0.6) is 5.75 Å². The maximum Gasteiger partial charge on any atom is 0.331 e. The van der Waals surface area contributed by atoms with E-state index in [1.165, 1.54) is 21.1 Å². The third-order valence-corrected chi connectivity index (χ3v) is 11.2. The monoisotopic (exact) mass is 638 g/mol. The van der Waals surface area contributed by atoms with Crippen LogP contribution in [0, 0.1) is 0 Å². The summed E-state index contributed by atoms with van der Waals surface area (Å²) in [4.78, 5) is 22.8. The van der Waals surface area contributed by atoms with Gasteiger partial charge in [-0.3, -0.25) is 14.0 Å². The molecule has 0 spiro atoms. The Morgan fingerprint density at radius 1 is 1.02 bits per heavy atom. The highest BCUT2D eigenvalue weighted by atomic mass is 32.2. The van der Waals surface area contributed by atoms with Crippen LogP contribution >= 0.6 is 7.60 Å². The van der Waals surface area contributed by atoms with Crippen molar-refractivity contribution in [2.24, 2.45) is 7.05 Å². The van der Waals surface area contributed by atoms with E-state index in [0.717, 1.165) is 12.8 Å². The van der Waals surface area contributed by atoms with Gasteiger partial charge in [-0.25, -0.2) is 13.4 Å². The van der Waals surface area contributed by atoms with Crippen molar-refractivity contribution in [1.82, 2.24) is 29.0 Å². The van der Waals surface area contributed by atoms with Gasteiger partial charge in [0.25, 0.3) is 5.56 Å². The minimum atomic E-state index is -3.87. The van der Waals surface area contributed by atoms with Gasteiger partial charge in [0.05, 0.1) is 42.1 Å². The Morgan fingerprint density at radius 2 is 1.72 bits per heavy atom. The number of aryl methyl sites for hydroxylation is 2. The van der Waals surface area contributed by atoms with Crippen molar-refractivity contribution < 1.29 is 26.8 Å². The average Bonchev–Trinajstić information content (AvgIpc) is 3.30. The number of piperazine rings is 1. The molecule has 15 heteroatoms. The number of rotatable bonds is 15. The standard InChI is InChI=1S/C28H43N6O7PS/c1-6-10-23-25-26(32(5)31-23)28(35)30-27(29-25)22-20-21(11-12-24(22)39-18-7-2)43(37,38)34-15-13-33(14-16-34)17-19-42(36,40-8-3)41-9-4/h11-12,20H,6-10,13-19H2,1-5H3,(H,29,30,35). The molecule has 0 atom stereocenters. The largest absolute Gasteiger partial charge is 0.493 e. The molecular formula is C28H43N6O7PS. The number of aromatic nitrogens is 4. The third-order valence-electron chi connectivity index (χ3n) is 7.23. The van der Waals surface area contributed by atoms with Crippen molar-refractivity contribution in [2.75, 3.05) is 58.7 Å². The summed E-state index contributed by atoms with van der Waals surface area (Å²) in [6.45, 7) is 10.6. The van der Waals surface area contributed by atoms with E-state index in [1.807, 2.05) is 13.8 Å². The SMILES string of the molecule is CCCOc1ccc(S(=O)(=O)N2CCN(CCP(=O)(OCC)OCC)CC2)cc1-c1nc2c(CCC)nn(C)c2c(=O)[nH]1. The number of aromatic amines is 1. The topological polar surface area (TPSA) is 149 Å². The number of sulfonamides is 1. The van der Waals surface area contributed by atoms with Gasteiger partial charge in [0.1, 0.15) is 17.1 Å². The van der Waals surface area contributed by atoms with Crippen LogP contribution < -0.4 is 10.3 Å². The first kappa shape index (κ1) is 33.3. The number of fused-ring (bicyclic) bond motifs is 1. The predicted molar refractivity (Wildman–Crippen MR) is 165 cm³/mol. The van der Waals surface area contributed by atoms with Crippen molar-refractivity contribution >= 4 is 28.7 Å². The van der Waals surface area contributed by atoms with Crippen molar-refractivity contribution in [3.8, 4) is 17.1 Å². The second kappa shape index (κ2) is 14.4. The molecule has 43 heavy (non-hydrogen) atoms. The van der Waals surface area contributed by atoms with Crippen LogP contribution in [0.4, 0.5) is 0 Å². The Hall–Kier alpha value is -2.61. The molecule has 2 aromatic heterocycles. The van der Waals surface area contributed by atoms with Gasteiger partial charge < -0.3 is 23.7 Å². The lowest BCUT2D eigenvalue weighted by atomic mass is 10.1. The zero-order chi connectivity index (χ0) is 31.2. The van der Waals surface area contributed by atoms with Crippen LogP contribution in [0.15, 0.2) is 27.9 Å². The van der Waals surface area contributed by atoms with Gasteiger partial charge >= 0.3 is 7.60 Å².